The van der Waals surface area contributed by atoms with Crippen molar-refractivity contribution in [3.8, 4) is 5.88 Å². The lowest BCUT2D eigenvalue weighted by atomic mass is 10.3. The van der Waals surface area contributed by atoms with E-state index in [1.54, 1.807) is 20.2 Å². The van der Waals surface area contributed by atoms with Crippen molar-refractivity contribution < 1.29 is 14.3 Å². The fourth-order valence-electron chi connectivity index (χ4n) is 1.80. The van der Waals surface area contributed by atoms with Crippen LogP contribution in [-0.2, 0) is 11.8 Å². The summed E-state index contributed by atoms with van der Waals surface area (Å²) in [6.45, 7) is 2.77. The molecule has 0 radical (unpaired) electrons. The number of carbonyl (C=O) groups excluding carboxylic acids is 1. The summed E-state index contributed by atoms with van der Waals surface area (Å²) in [5.41, 5.74) is 0.345. The SMILES string of the molecule is COc1cc(C(=O)NCC2CNCCO2)nn1C. The molecule has 18 heavy (non-hydrogen) atoms. The molecule has 1 aromatic heterocycles. The molecule has 2 N–H and O–H groups in total. The first kappa shape index (κ1) is 12.8. The molecule has 0 aromatic carbocycles. The molecule has 0 aliphatic carbocycles. The highest BCUT2D eigenvalue weighted by Gasteiger charge is 2.17. The summed E-state index contributed by atoms with van der Waals surface area (Å²) in [6.07, 6.45) is 0.0216. The lowest BCUT2D eigenvalue weighted by Crippen LogP contribution is -2.45. The minimum atomic E-state index is -0.219. The molecule has 2 rings (SSSR count). The van der Waals surface area contributed by atoms with Gasteiger partial charge in [0.25, 0.3) is 5.91 Å². The van der Waals surface area contributed by atoms with Crippen LogP contribution in [0.25, 0.3) is 0 Å². The summed E-state index contributed by atoms with van der Waals surface area (Å²) in [5.74, 6) is 0.332. The molecular formula is C11H18N4O3. The van der Waals surface area contributed by atoms with Crippen LogP contribution in [0.15, 0.2) is 6.07 Å². The van der Waals surface area contributed by atoms with Crippen LogP contribution >= 0.6 is 0 Å². The van der Waals surface area contributed by atoms with Gasteiger partial charge in [-0.25, -0.2) is 4.68 Å². The minimum Gasteiger partial charge on any atom is -0.481 e. The Bertz CT molecular complexity index is 412. The predicted molar refractivity (Wildman–Crippen MR) is 64.7 cm³/mol. The molecule has 1 atom stereocenters. The van der Waals surface area contributed by atoms with Gasteiger partial charge in [0.15, 0.2) is 5.69 Å². The highest BCUT2D eigenvalue weighted by atomic mass is 16.5. The molecule has 1 saturated heterocycles. The highest BCUT2D eigenvalue weighted by Crippen LogP contribution is 2.10. The summed E-state index contributed by atoms with van der Waals surface area (Å²) >= 11 is 0. The molecule has 1 aromatic rings. The number of ether oxygens (including phenoxy) is 2. The molecular weight excluding hydrogens is 236 g/mol. The van der Waals surface area contributed by atoms with Crippen LogP contribution in [0.5, 0.6) is 5.88 Å². The Kier molecular flexibility index (Phi) is 4.16. The van der Waals surface area contributed by atoms with E-state index in [-0.39, 0.29) is 12.0 Å². The number of amides is 1. The van der Waals surface area contributed by atoms with Gasteiger partial charge in [0, 0.05) is 32.7 Å². The van der Waals surface area contributed by atoms with Gasteiger partial charge >= 0.3 is 0 Å². The number of rotatable bonds is 4. The maximum absolute atomic E-state index is 11.9. The molecule has 7 nitrogen and oxygen atoms in total. The molecule has 1 amide bonds. The van der Waals surface area contributed by atoms with Gasteiger partial charge in [-0.2, -0.15) is 5.10 Å². The maximum Gasteiger partial charge on any atom is 0.272 e. The van der Waals surface area contributed by atoms with Crippen molar-refractivity contribution in [1.29, 1.82) is 0 Å². The molecule has 100 valence electrons. The first-order valence-electron chi connectivity index (χ1n) is 5.89. The number of nitrogens with one attached hydrogen (secondary N) is 2. The number of morpholine rings is 1. The van der Waals surface area contributed by atoms with Crippen LogP contribution in [0.2, 0.25) is 0 Å². The van der Waals surface area contributed by atoms with Crippen LogP contribution in [0.4, 0.5) is 0 Å². The van der Waals surface area contributed by atoms with Gasteiger partial charge in [-0.15, -0.1) is 0 Å². The average Bonchev–Trinajstić information content (AvgIpc) is 2.78. The Morgan fingerprint density at radius 3 is 3.22 bits per heavy atom. The standard InChI is InChI=1S/C11H18N4O3/c1-15-10(17-2)5-9(14-15)11(16)13-7-8-6-12-3-4-18-8/h5,8,12H,3-4,6-7H2,1-2H3,(H,13,16). The molecule has 2 heterocycles. The fourth-order valence-corrected chi connectivity index (χ4v) is 1.80. The van der Waals surface area contributed by atoms with Gasteiger partial charge in [-0.1, -0.05) is 0 Å². The summed E-state index contributed by atoms with van der Waals surface area (Å²) in [5, 5.41) is 10.1. The number of carbonyl (C=O) groups is 1. The van der Waals surface area contributed by atoms with Crippen molar-refractivity contribution in [2.24, 2.45) is 7.05 Å². The average molecular weight is 254 g/mol. The number of aryl methyl sites for hydroxylation is 1. The summed E-state index contributed by atoms with van der Waals surface area (Å²) in [7, 11) is 3.27. The second kappa shape index (κ2) is 5.83. The van der Waals surface area contributed by atoms with E-state index in [4.69, 9.17) is 9.47 Å². The summed E-state index contributed by atoms with van der Waals surface area (Å²) in [4.78, 5) is 11.9. The van der Waals surface area contributed by atoms with Crippen LogP contribution < -0.4 is 15.4 Å². The van der Waals surface area contributed by atoms with E-state index >= 15 is 0 Å². The van der Waals surface area contributed by atoms with E-state index in [9.17, 15) is 4.79 Å². The Labute approximate surface area is 105 Å². The molecule has 0 bridgehead atoms. The topological polar surface area (TPSA) is 77.4 Å². The van der Waals surface area contributed by atoms with Crippen LogP contribution in [0.3, 0.4) is 0 Å². The van der Waals surface area contributed by atoms with Crippen molar-refractivity contribution in [2.45, 2.75) is 6.10 Å². The number of hydrogen-bond donors (Lipinski definition) is 2. The quantitative estimate of drug-likeness (QED) is 0.731. The van der Waals surface area contributed by atoms with E-state index in [0.717, 1.165) is 13.1 Å². The molecule has 7 heteroatoms. The van der Waals surface area contributed by atoms with Crippen LogP contribution in [0.1, 0.15) is 10.5 Å². The van der Waals surface area contributed by atoms with Gasteiger partial charge in [0.2, 0.25) is 5.88 Å². The summed E-state index contributed by atoms with van der Waals surface area (Å²) in [6, 6.07) is 1.61. The molecule has 0 spiro atoms. The summed E-state index contributed by atoms with van der Waals surface area (Å²) < 4.78 is 12.1. The molecule has 0 saturated carbocycles. The number of nitrogens with zero attached hydrogens (tertiary/aromatic N) is 2. The third-order valence-electron chi connectivity index (χ3n) is 2.77. The number of methoxy groups -OCH3 is 1. The predicted octanol–water partition coefficient (Wildman–Crippen LogP) is -0.853. The Morgan fingerprint density at radius 1 is 1.78 bits per heavy atom. The number of aromatic nitrogens is 2. The van der Waals surface area contributed by atoms with Crippen LogP contribution in [-0.4, -0.2) is 55.1 Å². The third kappa shape index (κ3) is 2.99. The van der Waals surface area contributed by atoms with E-state index in [1.165, 1.54) is 4.68 Å². The maximum atomic E-state index is 11.9. The van der Waals surface area contributed by atoms with Crippen molar-refractivity contribution in [1.82, 2.24) is 20.4 Å². The number of hydrogen-bond acceptors (Lipinski definition) is 5. The molecule has 1 aliphatic rings. The van der Waals surface area contributed by atoms with Gasteiger partial charge in [0.1, 0.15) is 0 Å². The Morgan fingerprint density at radius 2 is 2.61 bits per heavy atom. The van der Waals surface area contributed by atoms with Gasteiger partial charge in [0.05, 0.1) is 19.8 Å². The second-order valence-electron chi connectivity index (χ2n) is 4.10. The normalized spacial score (nSPS) is 19.6. The zero-order valence-corrected chi connectivity index (χ0v) is 10.6. The first-order valence-corrected chi connectivity index (χ1v) is 5.89. The molecule has 1 aliphatic heterocycles. The third-order valence-corrected chi connectivity index (χ3v) is 2.77. The van der Waals surface area contributed by atoms with E-state index < -0.39 is 0 Å². The minimum absolute atomic E-state index is 0.0216. The monoisotopic (exact) mass is 254 g/mol. The highest BCUT2D eigenvalue weighted by molar-refractivity contribution is 5.92. The van der Waals surface area contributed by atoms with E-state index in [2.05, 4.69) is 15.7 Å². The smallest absolute Gasteiger partial charge is 0.272 e. The first-order chi connectivity index (χ1) is 8.70. The van der Waals surface area contributed by atoms with Gasteiger partial charge in [-0.05, 0) is 0 Å². The fraction of sp³-hybridized carbons (Fsp3) is 0.636. The lowest BCUT2D eigenvalue weighted by Gasteiger charge is -2.23. The zero-order chi connectivity index (χ0) is 13.0. The van der Waals surface area contributed by atoms with Crippen molar-refractivity contribution in [3.63, 3.8) is 0 Å². The van der Waals surface area contributed by atoms with E-state index in [1.807, 2.05) is 0 Å². The zero-order valence-electron chi connectivity index (χ0n) is 10.6. The Balaban J connectivity index is 1.86. The van der Waals surface area contributed by atoms with Crippen molar-refractivity contribution in [3.05, 3.63) is 11.8 Å². The van der Waals surface area contributed by atoms with Crippen LogP contribution in [0, 0.1) is 0 Å². The second-order valence-corrected chi connectivity index (χ2v) is 4.10. The van der Waals surface area contributed by atoms with E-state index in [0.29, 0.717) is 24.7 Å². The Hall–Kier alpha value is -1.60. The molecule has 1 fully saturated rings. The van der Waals surface area contributed by atoms with Crippen molar-refractivity contribution >= 4 is 5.91 Å². The molecule has 1 unspecified atom stereocenters. The van der Waals surface area contributed by atoms with Gasteiger partial charge in [-0.3, -0.25) is 4.79 Å². The van der Waals surface area contributed by atoms with Gasteiger partial charge < -0.3 is 20.1 Å². The van der Waals surface area contributed by atoms with Crippen molar-refractivity contribution in [2.75, 3.05) is 33.4 Å². The lowest BCUT2D eigenvalue weighted by molar-refractivity contribution is 0.0286. The largest absolute Gasteiger partial charge is 0.481 e.